The number of carbonyl (C=O) groups is 1. The number of nitrogens with zero attached hydrogens (tertiary/aromatic N) is 2. The van der Waals surface area contributed by atoms with Crippen LogP contribution in [0, 0.1) is 0 Å². The van der Waals surface area contributed by atoms with Crippen LogP contribution in [0.5, 0.6) is 0 Å². The van der Waals surface area contributed by atoms with E-state index < -0.39 is 10.0 Å². The van der Waals surface area contributed by atoms with Crippen LogP contribution in [0.3, 0.4) is 0 Å². The summed E-state index contributed by atoms with van der Waals surface area (Å²) in [5, 5.41) is 8.18. The molecule has 174 valence electrons. The quantitative estimate of drug-likeness (QED) is 0.375. The molecule has 0 aliphatic carbocycles. The predicted octanol–water partition coefficient (Wildman–Crippen LogP) is 4.55. The number of benzene rings is 3. The van der Waals surface area contributed by atoms with Crippen molar-refractivity contribution < 1.29 is 13.2 Å². The molecule has 0 saturated heterocycles. The topological polar surface area (TPSA) is 93.1 Å². The van der Waals surface area contributed by atoms with Crippen molar-refractivity contribution in [3.05, 3.63) is 107 Å². The number of carbonyl (C=O) groups excluding carboxylic acids is 1. The first-order valence-corrected chi connectivity index (χ1v) is 12.8. The molecule has 1 heterocycles. The van der Waals surface area contributed by atoms with E-state index in [0.717, 1.165) is 22.9 Å². The first-order chi connectivity index (χ1) is 16.3. The van der Waals surface area contributed by atoms with Crippen molar-refractivity contribution in [2.75, 3.05) is 11.0 Å². The molecule has 0 spiro atoms. The molecule has 2 N–H and O–H groups in total. The van der Waals surface area contributed by atoms with Crippen molar-refractivity contribution in [1.82, 2.24) is 15.1 Å². The fourth-order valence-corrected chi connectivity index (χ4v) is 4.18. The molecule has 0 radical (unpaired) electrons. The van der Waals surface area contributed by atoms with Crippen LogP contribution in [0.4, 0.5) is 5.69 Å². The molecular formula is C25H23ClN4O3S. The van der Waals surface area contributed by atoms with Crippen molar-refractivity contribution in [3.63, 3.8) is 0 Å². The second-order valence-corrected chi connectivity index (χ2v) is 10.0. The van der Waals surface area contributed by atoms with E-state index in [4.69, 9.17) is 11.6 Å². The van der Waals surface area contributed by atoms with Crippen molar-refractivity contribution >= 4 is 33.2 Å². The van der Waals surface area contributed by atoms with E-state index in [-0.39, 0.29) is 12.5 Å². The number of anilines is 1. The van der Waals surface area contributed by atoms with Gasteiger partial charge in [-0.1, -0.05) is 66.2 Å². The summed E-state index contributed by atoms with van der Waals surface area (Å²) in [6.07, 6.45) is 2.82. The molecule has 34 heavy (non-hydrogen) atoms. The minimum atomic E-state index is -3.39. The molecule has 0 aliphatic heterocycles. The van der Waals surface area contributed by atoms with Gasteiger partial charge in [0.1, 0.15) is 5.69 Å². The highest BCUT2D eigenvalue weighted by atomic mass is 35.5. The van der Waals surface area contributed by atoms with Gasteiger partial charge in [0, 0.05) is 29.0 Å². The second kappa shape index (κ2) is 10.1. The molecule has 3 aromatic carbocycles. The average molecular weight is 495 g/mol. The molecule has 0 bridgehead atoms. The maximum absolute atomic E-state index is 13.2. The zero-order valence-corrected chi connectivity index (χ0v) is 20.0. The Bertz CT molecular complexity index is 1400. The number of halogens is 1. The lowest BCUT2D eigenvalue weighted by Crippen LogP contribution is -2.23. The van der Waals surface area contributed by atoms with Gasteiger partial charge in [0.2, 0.25) is 10.0 Å². The minimum Gasteiger partial charge on any atom is -0.348 e. The van der Waals surface area contributed by atoms with Gasteiger partial charge in [-0.25, -0.2) is 8.42 Å². The summed E-state index contributed by atoms with van der Waals surface area (Å²) in [7, 11) is -3.39. The Morgan fingerprint density at radius 1 is 0.971 bits per heavy atom. The Morgan fingerprint density at radius 2 is 1.68 bits per heavy atom. The number of hydrogen-bond acceptors (Lipinski definition) is 4. The zero-order valence-electron chi connectivity index (χ0n) is 18.4. The molecule has 0 aliphatic rings. The summed E-state index contributed by atoms with van der Waals surface area (Å²) in [6, 6.07) is 23.9. The fourth-order valence-electron chi connectivity index (χ4n) is 3.50. The van der Waals surface area contributed by atoms with E-state index in [9.17, 15) is 13.2 Å². The van der Waals surface area contributed by atoms with Gasteiger partial charge >= 0.3 is 0 Å². The van der Waals surface area contributed by atoms with Crippen LogP contribution in [0.15, 0.2) is 85.1 Å². The van der Waals surface area contributed by atoms with Gasteiger partial charge in [-0.2, -0.15) is 5.10 Å². The second-order valence-electron chi connectivity index (χ2n) is 7.84. The van der Waals surface area contributed by atoms with Gasteiger partial charge in [-0.3, -0.25) is 14.2 Å². The molecule has 1 amide bonds. The standard InChI is InChI=1S/C25H23ClN4O3S/c1-34(32,33)29-22-9-5-8-19(14-22)15-27-25(31)23-17-30(16-18-6-3-2-4-7-18)28-24(23)20-10-12-21(26)13-11-20/h2-14,17,29H,15-16H2,1H3,(H,27,31). The van der Waals surface area contributed by atoms with Gasteiger partial charge in [-0.15, -0.1) is 0 Å². The van der Waals surface area contributed by atoms with Crippen LogP contribution >= 0.6 is 11.6 Å². The summed E-state index contributed by atoms with van der Waals surface area (Å²) in [5.74, 6) is -0.286. The van der Waals surface area contributed by atoms with Gasteiger partial charge in [0.15, 0.2) is 0 Å². The van der Waals surface area contributed by atoms with Crippen molar-refractivity contribution in [2.24, 2.45) is 0 Å². The van der Waals surface area contributed by atoms with Crippen LogP contribution < -0.4 is 10.0 Å². The monoisotopic (exact) mass is 494 g/mol. The van der Waals surface area contributed by atoms with Crippen molar-refractivity contribution in [2.45, 2.75) is 13.1 Å². The van der Waals surface area contributed by atoms with E-state index in [0.29, 0.717) is 28.5 Å². The minimum absolute atomic E-state index is 0.224. The maximum atomic E-state index is 13.2. The maximum Gasteiger partial charge on any atom is 0.255 e. The van der Waals surface area contributed by atoms with E-state index >= 15 is 0 Å². The highest BCUT2D eigenvalue weighted by Crippen LogP contribution is 2.24. The molecular weight excluding hydrogens is 472 g/mol. The Morgan fingerprint density at radius 3 is 2.38 bits per heavy atom. The molecule has 9 heteroatoms. The number of rotatable bonds is 8. The largest absolute Gasteiger partial charge is 0.348 e. The van der Waals surface area contributed by atoms with Crippen LogP contribution in [-0.2, 0) is 23.1 Å². The fraction of sp³-hybridized carbons (Fsp3) is 0.120. The molecule has 7 nitrogen and oxygen atoms in total. The lowest BCUT2D eigenvalue weighted by atomic mass is 10.1. The summed E-state index contributed by atoms with van der Waals surface area (Å²) in [5.41, 5.74) is 4.02. The number of sulfonamides is 1. The first kappa shape index (κ1) is 23.5. The lowest BCUT2D eigenvalue weighted by Gasteiger charge is -2.08. The number of nitrogens with one attached hydrogen (secondary N) is 2. The van der Waals surface area contributed by atoms with E-state index in [1.807, 2.05) is 48.5 Å². The molecule has 4 aromatic rings. The highest BCUT2D eigenvalue weighted by molar-refractivity contribution is 7.92. The zero-order chi connectivity index (χ0) is 24.1. The SMILES string of the molecule is CS(=O)(=O)Nc1cccc(CNC(=O)c2cn(Cc3ccccc3)nc2-c2ccc(Cl)cc2)c1. The Balaban J connectivity index is 1.57. The summed E-state index contributed by atoms with van der Waals surface area (Å²) < 4.78 is 27.2. The molecule has 0 saturated carbocycles. The van der Waals surface area contributed by atoms with Crippen LogP contribution in [0.25, 0.3) is 11.3 Å². The van der Waals surface area contributed by atoms with Gasteiger partial charge in [0.25, 0.3) is 5.91 Å². The van der Waals surface area contributed by atoms with Gasteiger partial charge in [0.05, 0.1) is 18.4 Å². The smallest absolute Gasteiger partial charge is 0.255 e. The number of amides is 1. The Labute approximate surface area is 203 Å². The Kier molecular flexibility index (Phi) is 7.00. The molecule has 0 unspecified atom stereocenters. The highest BCUT2D eigenvalue weighted by Gasteiger charge is 2.18. The first-order valence-electron chi connectivity index (χ1n) is 10.5. The summed E-state index contributed by atoms with van der Waals surface area (Å²) in [4.78, 5) is 13.2. The summed E-state index contributed by atoms with van der Waals surface area (Å²) >= 11 is 6.04. The number of aromatic nitrogens is 2. The number of hydrogen-bond donors (Lipinski definition) is 2. The van der Waals surface area contributed by atoms with Crippen LogP contribution in [0.1, 0.15) is 21.5 Å². The molecule has 4 rings (SSSR count). The van der Waals surface area contributed by atoms with Gasteiger partial charge in [-0.05, 0) is 35.4 Å². The average Bonchev–Trinajstić information content (AvgIpc) is 3.21. The molecule has 1 aromatic heterocycles. The molecule has 0 fully saturated rings. The third kappa shape index (κ3) is 6.24. The van der Waals surface area contributed by atoms with E-state index in [1.165, 1.54) is 0 Å². The van der Waals surface area contributed by atoms with E-state index in [2.05, 4.69) is 15.1 Å². The summed E-state index contributed by atoms with van der Waals surface area (Å²) in [6.45, 7) is 0.746. The molecule has 0 atom stereocenters. The van der Waals surface area contributed by atoms with Crippen molar-refractivity contribution in [3.8, 4) is 11.3 Å². The van der Waals surface area contributed by atoms with Gasteiger partial charge < -0.3 is 5.32 Å². The van der Waals surface area contributed by atoms with Crippen LogP contribution in [-0.4, -0.2) is 30.4 Å². The normalized spacial score (nSPS) is 11.2. The van der Waals surface area contributed by atoms with Crippen LogP contribution in [0.2, 0.25) is 5.02 Å². The third-order valence-corrected chi connectivity index (χ3v) is 5.85. The predicted molar refractivity (Wildman–Crippen MR) is 134 cm³/mol. The van der Waals surface area contributed by atoms with Crippen molar-refractivity contribution in [1.29, 1.82) is 0 Å². The lowest BCUT2D eigenvalue weighted by molar-refractivity contribution is 0.0951. The third-order valence-electron chi connectivity index (χ3n) is 4.99. The Hall–Kier alpha value is -3.62. The van der Waals surface area contributed by atoms with E-state index in [1.54, 1.807) is 41.2 Å².